The van der Waals surface area contributed by atoms with Gasteiger partial charge < -0.3 is 9.67 Å². The standard InChI is InChI=1S/C19H18N2O4S/c1-21-9-8-13-6-7-16(10-17(13)21)26(24,25)20-19(18(22)23)11-14-4-2-3-5-15(14)12-19/h2-10,20H,11-12H2,1H3,(H,22,23). The van der Waals surface area contributed by atoms with Crippen molar-refractivity contribution in [2.75, 3.05) is 0 Å². The summed E-state index contributed by atoms with van der Waals surface area (Å²) in [7, 11) is -2.16. The van der Waals surface area contributed by atoms with Crippen LogP contribution in [-0.4, -0.2) is 29.6 Å². The minimum absolute atomic E-state index is 0.0587. The molecule has 3 aromatic rings. The fourth-order valence-electron chi connectivity index (χ4n) is 3.61. The van der Waals surface area contributed by atoms with Gasteiger partial charge in [0.05, 0.1) is 4.90 Å². The Kier molecular flexibility index (Phi) is 3.68. The monoisotopic (exact) mass is 370 g/mol. The summed E-state index contributed by atoms with van der Waals surface area (Å²) in [5, 5.41) is 10.7. The van der Waals surface area contributed by atoms with Gasteiger partial charge in [0.25, 0.3) is 0 Å². The highest BCUT2D eigenvalue weighted by atomic mass is 32.2. The van der Waals surface area contributed by atoms with Gasteiger partial charge in [-0.2, -0.15) is 4.72 Å². The first-order chi connectivity index (χ1) is 12.3. The fourth-order valence-corrected chi connectivity index (χ4v) is 4.99. The molecule has 1 aliphatic rings. The molecule has 2 aromatic carbocycles. The van der Waals surface area contributed by atoms with Crippen LogP contribution in [0.1, 0.15) is 11.1 Å². The normalized spacial score (nSPS) is 15.9. The summed E-state index contributed by atoms with van der Waals surface area (Å²) < 4.78 is 30.2. The summed E-state index contributed by atoms with van der Waals surface area (Å²) in [6.45, 7) is 0. The number of aromatic nitrogens is 1. The Morgan fingerprint density at radius 3 is 2.38 bits per heavy atom. The van der Waals surface area contributed by atoms with Crippen molar-refractivity contribution < 1.29 is 18.3 Å². The van der Waals surface area contributed by atoms with Crippen molar-refractivity contribution in [2.45, 2.75) is 23.3 Å². The van der Waals surface area contributed by atoms with Gasteiger partial charge in [-0.3, -0.25) is 4.79 Å². The summed E-state index contributed by atoms with van der Waals surface area (Å²) in [5.74, 6) is -1.17. The van der Waals surface area contributed by atoms with E-state index in [1.54, 1.807) is 12.1 Å². The van der Waals surface area contributed by atoms with Crippen LogP contribution >= 0.6 is 0 Å². The number of hydrogen-bond donors (Lipinski definition) is 2. The Bertz CT molecular complexity index is 1110. The van der Waals surface area contributed by atoms with Crippen molar-refractivity contribution in [3.05, 3.63) is 65.9 Å². The second kappa shape index (κ2) is 5.69. The minimum atomic E-state index is -4.00. The van der Waals surface area contributed by atoms with Crippen LogP contribution < -0.4 is 4.72 Å². The second-order valence-electron chi connectivity index (χ2n) is 6.76. The molecule has 7 heteroatoms. The highest BCUT2D eigenvalue weighted by Crippen LogP contribution is 2.32. The Hall–Kier alpha value is -2.64. The van der Waals surface area contributed by atoms with Gasteiger partial charge in [-0.15, -0.1) is 0 Å². The van der Waals surface area contributed by atoms with Crippen molar-refractivity contribution in [1.29, 1.82) is 0 Å². The molecule has 0 atom stereocenters. The topological polar surface area (TPSA) is 88.4 Å². The summed E-state index contributed by atoms with van der Waals surface area (Å²) >= 11 is 0. The molecule has 0 fully saturated rings. The molecule has 1 aliphatic carbocycles. The van der Waals surface area contributed by atoms with Crippen LogP contribution in [0, 0.1) is 0 Å². The van der Waals surface area contributed by atoms with Gasteiger partial charge in [0, 0.05) is 31.6 Å². The zero-order valence-corrected chi connectivity index (χ0v) is 15.0. The molecule has 6 nitrogen and oxygen atoms in total. The number of nitrogens with zero attached hydrogens (tertiary/aromatic N) is 1. The quantitative estimate of drug-likeness (QED) is 0.736. The Morgan fingerprint density at radius 2 is 1.77 bits per heavy atom. The lowest BCUT2D eigenvalue weighted by Gasteiger charge is -2.25. The summed E-state index contributed by atoms with van der Waals surface area (Å²) in [6.07, 6.45) is 2.11. The molecular weight excluding hydrogens is 352 g/mol. The molecule has 2 N–H and O–H groups in total. The number of carboxylic acid groups (broad SMARTS) is 1. The number of benzene rings is 2. The molecule has 0 bridgehead atoms. The SMILES string of the molecule is Cn1ccc2ccc(S(=O)(=O)NC3(C(=O)O)Cc4ccccc4C3)cc21. The van der Waals surface area contributed by atoms with E-state index in [1.165, 1.54) is 6.07 Å². The highest BCUT2D eigenvalue weighted by molar-refractivity contribution is 7.89. The molecule has 26 heavy (non-hydrogen) atoms. The van der Waals surface area contributed by atoms with E-state index in [0.717, 1.165) is 22.0 Å². The Labute approximate surface area is 151 Å². The fraction of sp³-hybridized carbons (Fsp3) is 0.211. The zero-order valence-electron chi connectivity index (χ0n) is 14.1. The van der Waals surface area contributed by atoms with Gasteiger partial charge in [0.1, 0.15) is 5.54 Å². The number of sulfonamides is 1. The summed E-state index contributed by atoms with van der Waals surface area (Å²) in [5.41, 5.74) is 0.920. The maximum Gasteiger partial charge on any atom is 0.325 e. The lowest BCUT2D eigenvalue weighted by atomic mass is 9.98. The third-order valence-electron chi connectivity index (χ3n) is 5.01. The molecule has 0 saturated heterocycles. The number of fused-ring (bicyclic) bond motifs is 2. The summed E-state index contributed by atoms with van der Waals surface area (Å²) in [4.78, 5) is 12.1. The van der Waals surface area contributed by atoms with Gasteiger partial charge in [-0.05, 0) is 34.7 Å². The van der Waals surface area contributed by atoms with Crippen molar-refractivity contribution in [1.82, 2.24) is 9.29 Å². The average molecular weight is 370 g/mol. The molecule has 1 aromatic heterocycles. The third-order valence-corrected chi connectivity index (χ3v) is 6.55. The van der Waals surface area contributed by atoms with Crippen LogP contribution in [0.4, 0.5) is 0 Å². The first-order valence-electron chi connectivity index (χ1n) is 8.20. The van der Waals surface area contributed by atoms with Crippen LogP contribution in [-0.2, 0) is 34.7 Å². The predicted molar refractivity (Wildman–Crippen MR) is 97.5 cm³/mol. The molecule has 134 valence electrons. The molecule has 0 spiro atoms. The van der Waals surface area contributed by atoms with E-state index in [2.05, 4.69) is 4.72 Å². The van der Waals surface area contributed by atoms with Gasteiger partial charge in [-0.1, -0.05) is 30.3 Å². The zero-order chi connectivity index (χ0) is 18.5. The van der Waals surface area contributed by atoms with Crippen LogP contribution in [0.3, 0.4) is 0 Å². The number of hydrogen-bond acceptors (Lipinski definition) is 3. The number of aliphatic carboxylic acids is 1. The van der Waals surface area contributed by atoms with Crippen LogP contribution in [0.2, 0.25) is 0 Å². The number of carbonyl (C=O) groups is 1. The maximum absolute atomic E-state index is 12.9. The van der Waals surface area contributed by atoms with E-state index in [9.17, 15) is 18.3 Å². The lowest BCUT2D eigenvalue weighted by molar-refractivity contribution is -0.143. The van der Waals surface area contributed by atoms with Crippen molar-refractivity contribution >= 4 is 26.9 Å². The molecule has 4 rings (SSSR count). The Morgan fingerprint density at radius 1 is 1.12 bits per heavy atom. The number of nitrogens with one attached hydrogen (secondary N) is 1. The second-order valence-corrected chi connectivity index (χ2v) is 8.44. The van der Waals surface area contributed by atoms with Gasteiger partial charge in [0.2, 0.25) is 10.0 Å². The van der Waals surface area contributed by atoms with E-state index in [-0.39, 0.29) is 17.7 Å². The molecule has 0 amide bonds. The molecule has 0 radical (unpaired) electrons. The predicted octanol–water partition coefficient (Wildman–Crippen LogP) is 2.08. The Balaban J connectivity index is 1.73. The van der Waals surface area contributed by atoms with Crippen LogP contribution in [0.5, 0.6) is 0 Å². The molecule has 0 aliphatic heterocycles. The van der Waals surface area contributed by atoms with E-state index in [4.69, 9.17) is 0 Å². The molecular formula is C19H18N2O4S. The molecule has 0 saturated carbocycles. The van der Waals surface area contributed by atoms with Crippen LogP contribution in [0.25, 0.3) is 10.9 Å². The molecule has 1 heterocycles. The minimum Gasteiger partial charge on any atom is -0.480 e. The van der Waals surface area contributed by atoms with E-state index in [0.29, 0.717) is 0 Å². The number of aryl methyl sites for hydroxylation is 1. The number of rotatable bonds is 4. The smallest absolute Gasteiger partial charge is 0.325 e. The van der Waals surface area contributed by atoms with E-state index < -0.39 is 21.5 Å². The highest BCUT2D eigenvalue weighted by Gasteiger charge is 2.47. The lowest BCUT2D eigenvalue weighted by Crippen LogP contribution is -2.55. The molecule has 0 unspecified atom stereocenters. The maximum atomic E-state index is 12.9. The first-order valence-corrected chi connectivity index (χ1v) is 9.68. The van der Waals surface area contributed by atoms with E-state index in [1.807, 2.05) is 48.1 Å². The largest absolute Gasteiger partial charge is 0.480 e. The van der Waals surface area contributed by atoms with Gasteiger partial charge in [0.15, 0.2) is 0 Å². The van der Waals surface area contributed by atoms with Crippen molar-refractivity contribution in [2.24, 2.45) is 7.05 Å². The summed E-state index contributed by atoms with van der Waals surface area (Å²) in [6, 6.07) is 14.0. The van der Waals surface area contributed by atoms with Gasteiger partial charge >= 0.3 is 5.97 Å². The first kappa shape index (κ1) is 16.8. The third kappa shape index (κ3) is 2.60. The number of carboxylic acids is 1. The van der Waals surface area contributed by atoms with Crippen molar-refractivity contribution in [3.63, 3.8) is 0 Å². The van der Waals surface area contributed by atoms with E-state index >= 15 is 0 Å². The van der Waals surface area contributed by atoms with Crippen LogP contribution in [0.15, 0.2) is 59.6 Å². The van der Waals surface area contributed by atoms with Gasteiger partial charge in [-0.25, -0.2) is 8.42 Å². The van der Waals surface area contributed by atoms with Crippen molar-refractivity contribution in [3.8, 4) is 0 Å². The average Bonchev–Trinajstić information content (AvgIpc) is 3.15.